The van der Waals surface area contributed by atoms with Gasteiger partial charge in [0.15, 0.2) is 5.78 Å². The van der Waals surface area contributed by atoms with E-state index in [0.29, 0.717) is 17.9 Å². The van der Waals surface area contributed by atoms with Crippen molar-refractivity contribution in [3.05, 3.63) is 99.3 Å². The number of pyridine rings is 1. The Balaban J connectivity index is 1.39. The molecular formula is C31H27F4N7O3S2. The topological polar surface area (TPSA) is 128 Å². The van der Waals surface area contributed by atoms with Crippen LogP contribution in [0, 0.1) is 5.82 Å². The third-order valence-electron chi connectivity index (χ3n) is 7.54. The van der Waals surface area contributed by atoms with Crippen LogP contribution in [0.25, 0.3) is 11.0 Å². The lowest BCUT2D eigenvalue weighted by atomic mass is 10.0. The molecule has 1 aliphatic heterocycles. The summed E-state index contributed by atoms with van der Waals surface area (Å²) in [5.74, 6) is -2.62. The molecule has 0 spiro atoms. The zero-order chi connectivity index (χ0) is 33.3. The lowest BCUT2D eigenvalue weighted by Crippen LogP contribution is -2.50. The van der Waals surface area contributed by atoms with E-state index in [1.165, 1.54) is 23.8 Å². The fourth-order valence-corrected chi connectivity index (χ4v) is 7.40. The van der Waals surface area contributed by atoms with Crippen LogP contribution >= 0.6 is 11.3 Å². The van der Waals surface area contributed by atoms with Crippen LogP contribution in [0.3, 0.4) is 0 Å². The van der Waals surface area contributed by atoms with Crippen LogP contribution in [0.1, 0.15) is 28.5 Å². The average Bonchev–Trinajstić information content (AvgIpc) is 3.51. The standard InChI is InChI=1S/C31H27F4N7O3S2/c1-18-13-36-9-10-41(18)25-8-7-21(12-23(25)32)39-30-37-14-20-11-22(26(43)19-5-3-2-4-6-19)28(44)42(27(20)40-30)15-24-29(46-17-38-24)47(45)16-31(33,34)35/h2-8,11-12,14,17-18,36H,9-10,13,15-16H2,1H3,(H,37,39,40). The zero-order valence-corrected chi connectivity index (χ0v) is 26.4. The number of thiazole rings is 1. The highest BCUT2D eigenvalue weighted by molar-refractivity contribution is 7.93. The van der Waals surface area contributed by atoms with Gasteiger partial charge in [0.25, 0.3) is 5.56 Å². The fourth-order valence-electron chi connectivity index (χ4n) is 5.33. The molecule has 3 aromatic heterocycles. The Morgan fingerprint density at radius 3 is 2.68 bits per heavy atom. The molecule has 2 aromatic carbocycles. The second kappa shape index (κ2) is 13.4. The molecule has 10 nitrogen and oxygen atoms in total. The molecule has 2 unspecified atom stereocenters. The molecule has 0 bridgehead atoms. The van der Waals surface area contributed by atoms with Crippen molar-refractivity contribution in [3.63, 3.8) is 0 Å². The lowest BCUT2D eigenvalue weighted by Gasteiger charge is -2.36. The molecular weight excluding hydrogens is 659 g/mol. The summed E-state index contributed by atoms with van der Waals surface area (Å²) < 4.78 is 68.0. The first-order valence-corrected chi connectivity index (χ1v) is 16.6. The molecule has 0 amide bonds. The van der Waals surface area contributed by atoms with E-state index < -0.39 is 46.8 Å². The molecule has 5 aromatic rings. The Hall–Kier alpha value is -4.38. The minimum Gasteiger partial charge on any atom is -0.610 e. The summed E-state index contributed by atoms with van der Waals surface area (Å²) in [6, 6.07) is 14.2. The molecule has 2 N–H and O–H groups in total. The molecule has 0 radical (unpaired) electrons. The Bertz CT molecular complexity index is 1990. The highest BCUT2D eigenvalue weighted by Crippen LogP contribution is 2.29. The van der Waals surface area contributed by atoms with E-state index in [2.05, 4.69) is 25.6 Å². The third kappa shape index (κ3) is 7.15. The minimum atomic E-state index is -4.69. The summed E-state index contributed by atoms with van der Waals surface area (Å²) in [7, 11) is 0. The molecule has 47 heavy (non-hydrogen) atoms. The number of rotatable bonds is 9. The van der Waals surface area contributed by atoms with Gasteiger partial charge >= 0.3 is 6.18 Å². The van der Waals surface area contributed by atoms with Gasteiger partial charge < -0.3 is 20.1 Å². The van der Waals surface area contributed by atoms with Crippen molar-refractivity contribution in [3.8, 4) is 0 Å². The Labute approximate surface area is 272 Å². The van der Waals surface area contributed by atoms with Gasteiger partial charge in [-0.15, -0.1) is 0 Å². The number of hydrogen-bond donors (Lipinski definition) is 2. The van der Waals surface area contributed by atoms with Crippen molar-refractivity contribution in [1.29, 1.82) is 0 Å². The largest absolute Gasteiger partial charge is 0.610 e. The third-order valence-corrected chi connectivity index (χ3v) is 10.3. The predicted octanol–water partition coefficient (Wildman–Crippen LogP) is 4.88. The van der Waals surface area contributed by atoms with Crippen LogP contribution in [-0.2, 0) is 17.7 Å². The van der Waals surface area contributed by atoms with Gasteiger partial charge in [0.2, 0.25) is 15.9 Å². The van der Waals surface area contributed by atoms with Crippen molar-refractivity contribution in [1.82, 2.24) is 24.8 Å². The maximum atomic E-state index is 15.2. The number of alkyl halides is 3. The number of hydrogen-bond acceptors (Lipinski definition) is 10. The lowest BCUT2D eigenvalue weighted by molar-refractivity contribution is -0.106. The maximum Gasteiger partial charge on any atom is 0.433 e. The summed E-state index contributed by atoms with van der Waals surface area (Å²) in [4.78, 5) is 42.2. The highest BCUT2D eigenvalue weighted by atomic mass is 32.2. The molecule has 0 saturated carbocycles. The molecule has 1 saturated heterocycles. The monoisotopic (exact) mass is 685 g/mol. The van der Waals surface area contributed by atoms with E-state index in [4.69, 9.17) is 0 Å². The van der Waals surface area contributed by atoms with Gasteiger partial charge in [-0.25, -0.2) is 14.4 Å². The van der Waals surface area contributed by atoms with Crippen LogP contribution in [0.5, 0.6) is 0 Å². The van der Waals surface area contributed by atoms with Crippen LogP contribution in [0.2, 0.25) is 0 Å². The SMILES string of the molecule is CC1CNCCN1c1ccc(Nc2ncc3cc(C(=O)c4ccccc4)c(=O)n(Cc4ncsc4[S+]([O-])CC(F)(F)F)c3n2)cc1F. The quantitative estimate of drug-likeness (QED) is 0.127. The molecule has 1 fully saturated rings. The van der Waals surface area contributed by atoms with Crippen molar-refractivity contribution in [2.24, 2.45) is 0 Å². The molecule has 0 aliphatic carbocycles. The van der Waals surface area contributed by atoms with Crippen molar-refractivity contribution < 1.29 is 26.9 Å². The number of aromatic nitrogens is 4. The smallest absolute Gasteiger partial charge is 0.433 e. The summed E-state index contributed by atoms with van der Waals surface area (Å²) in [5, 5.41) is 6.48. The summed E-state index contributed by atoms with van der Waals surface area (Å²) in [5.41, 5.74) is 1.28. The van der Waals surface area contributed by atoms with Crippen LogP contribution in [0.15, 0.2) is 75.3 Å². The number of halogens is 4. The van der Waals surface area contributed by atoms with Crippen LogP contribution in [-0.4, -0.2) is 67.5 Å². The Kier molecular flexibility index (Phi) is 9.27. The number of carbonyl (C=O) groups excluding carboxylic acids is 1. The normalized spacial score (nSPS) is 16.0. The Morgan fingerprint density at radius 1 is 1.17 bits per heavy atom. The van der Waals surface area contributed by atoms with E-state index >= 15 is 4.39 Å². The molecule has 244 valence electrons. The van der Waals surface area contributed by atoms with Gasteiger partial charge in [0.1, 0.15) is 17.2 Å². The number of piperazine rings is 1. The summed E-state index contributed by atoms with van der Waals surface area (Å²) in [6.07, 6.45) is -3.31. The molecule has 6 rings (SSSR count). The molecule has 2 atom stereocenters. The first kappa shape index (κ1) is 32.6. The van der Waals surface area contributed by atoms with Gasteiger partial charge in [0.05, 0.1) is 23.3 Å². The van der Waals surface area contributed by atoms with Crippen molar-refractivity contribution in [2.45, 2.75) is 29.9 Å². The van der Waals surface area contributed by atoms with E-state index in [-0.39, 0.29) is 44.1 Å². The first-order chi connectivity index (χ1) is 22.5. The number of nitrogens with one attached hydrogen (secondary N) is 2. The van der Waals surface area contributed by atoms with Crippen LogP contribution in [0.4, 0.5) is 34.9 Å². The highest BCUT2D eigenvalue weighted by Gasteiger charge is 2.37. The molecule has 16 heteroatoms. The number of carbonyl (C=O) groups is 1. The summed E-state index contributed by atoms with van der Waals surface area (Å²) >= 11 is -1.70. The maximum absolute atomic E-state index is 15.2. The fraction of sp³-hybridized carbons (Fsp3) is 0.258. The number of nitrogens with zero attached hydrogens (tertiary/aromatic N) is 5. The van der Waals surface area contributed by atoms with E-state index in [9.17, 15) is 27.3 Å². The summed E-state index contributed by atoms with van der Waals surface area (Å²) in [6.45, 7) is 3.69. The van der Waals surface area contributed by atoms with E-state index in [1.54, 1.807) is 42.5 Å². The minimum absolute atomic E-state index is 0.00498. The average molecular weight is 686 g/mol. The van der Waals surface area contributed by atoms with Gasteiger partial charge in [-0.05, 0) is 31.2 Å². The second-order valence-corrected chi connectivity index (χ2v) is 13.3. The number of ketones is 1. The first-order valence-electron chi connectivity index (χ1n) is 14.4. The number of fused-ring (bicyclic) bond motifs is 1. The molecule has 4 heterocycles. The zero-order valence-electron chi connectivity index (χ0n) is 24.8. The van der Waals surface area contributed by atoms with Crippen molar-refractivity contribution >= 4 is 56.7 Å². The van der Waals surface area contributed by atoms with Crippen molar-refractivity contribution in [2.75, 3.05) is 35.6 Å². The second-order valence-electron chi connectivity index (χ2n) is 10.8. The van der Waals surface area contributed by atoms with Gasteiger partial charge in [-0.1, -0.05) is 41.7 Å². The van der Waals surface area contributed by atoms with Gasteiger partial charge in [0, 0.05) is 59.7 Å². The van der Waals surface area contributed by atoms with Crippen LogP contribution < -0.4 is 21.1 Å². The number of benzene rings is 2. The predicted molar refractivity (Wildman–Crippen MR) is 172 cm³/mol. The molecule has 1 aliphatic rings. The Morgan fingerprint density at radius 2 is 1.96 bits per heavy atom. The van der Waals surface area contributed by atoms with E-state index in [1.807, 2.05) is 11.8 Å². The number of anilines is 3. The van der Waals surface area contributed by atoms with Gasteiger partial charge in [-0.2, -0.15) is 18.2 Å². The van der Waals surface area contributed by atoms with E-state index in [0.717, 1.165) is 29.0 Å². The van der Waals surface area contributed by atoms with Gasteiger partial charge in [-0.3, -0.25) is 14.2 Å².